The maximum atomic E-state index is 12.9. The van der Waals surface area contributed by atoms with Crippen molar-refractivity contribution < 1.29 is 14.6 Å². The molecule has 2 aromatic heterocycles. The third-order valence-electron chi connectivity index (χ3n) is 5.10. The standard InChI is InChI=1S/C22H23N3O3S/c1-29-22-14(5-4-9-23-22)11-15-12-19(24-17-7-3-2-6-16(15)17)21(27)25-18-8-10-28-13-20(18)26/h2-7,9,12,18,20,26H,8,10-11,13H2,1H3,(H,25,27)/t18-,20-/m0/s1. The van der Waals surface area contributed by atoms with Gasteiger partial charge in [-0.05, 0) is 42.0 Å². The molecule has 29 heavy (non-hydrogen) atoms. The largest absolute Gasteiger partial charge is 0.389 e. The summed E-state index contributed by atoms with van der Waals surface area (Å²) in [6, 6.07) is 13.3. The molecule has 6 nitrogen and oxygen atoms in total. The summed E-state index contributed by atoms with van der Waals surface area (Å²) in [5.74, 6) is -0.278. The number of benzene rings is 1. The number of nitrogens with one attached hydrogen (secondary N) is 1. The number of hydrogen-bond donors (Lipinski definition) is 2. The number of carbonyl (C=O) groups excluding carboxylic acids is 1. The predicted molar refractivity (Wildman–Crippen MR) is 113 cm³/mol. The van der Waals surface area contributed by atoms with Crippen LogP contribution in [-0.2, 0) is 11.2 Å². The van der Waals surface area contributed by atoms with Gasteiger partial charge in [-0.1, -0.05) is 24.3 Å². The fourth-order valence-corrected chi connectivity index (χ4v) is 4.16. The van der Waals surface area contributed by atoms with Gasteiger partial charge in [0.2, 0.25) is 0 Å². The monoisotopic (exact) mass is 409 g/mol. The second-order valence-electron chi connectivity index (χ2n) is 7.04. The second kappa shape index (κ2) is 8.90. The quantitative estimate of drug-likeness (QED) is 0.631. The first-order valence-corrected chi connectivity index (χ1v) is 10.8. The number of amides is 1. The number of thioether (sulfide) groups is 1. The van der Waals surface area contributed by atoms with E-state index in [4.69, 9.17) is 4.74 Å². The number of ether oxygens (including phenoxy) is 1. The highest BCUT2D eigenvalue weighted by Crippen LogP contribution is 2.25. The maximum Gasteiger partial charge on any atom is 0.270 e. The molecule has 0 radical (unpaired) electrons. The van der Waals surface area contributed by atoms with Gasteiger partial charge in [-0.3, -0.25) is 4.79 Å². The van der Waals surface area contributed by atoms with Crippen LogP contribution in [0.15, 0.2) is 53.7 Å². The average Bonchev–Trinajstić information content (AvgIpc) is 2.75. The van der Waals surface area contributed by atoms with Crippen molar-refractivity contribution >= 4 is 28.6 Å². The van der Waals surface area contributed by atoms with E-state index in [1.54, 1.807) is 18.0 Å². The number of nitrogens with zero attached hydrogens (tertiary/aromatic N) is 2. The Balaban J connectivity index is 1.68. The number of rotatable bonds is 5. The van der Waals surface area contributed by atoms with Gasteiger partial charge in [0.25, 0.3) is 5.91 Å². The lowest BCUT2D eigenvalue weighted by Gasteiger charge is -2.28. The number of aromatic nitrogens is 2. The van der Waals surface area contributed by atoms with Crippen LogP contribution in [0.2, 0.25) is 0 Å². The van der Waals surface area contributed by atoms with Gasteiger partial charge in [-0.25, -0.2) is 9.97 Å². The Bertz CT molecular complexity index is 1030. The first-order chi connectivity index (χ1) is 14.2. The second-order valence-corrected chi connectivity index (χ2v) is 7.84. The summed E-state index contributed by atoms with van der Waals surface area (Å²) in [5, 5.41) is 15.0. The Kier molecular flexibility index (Phi) is 6.08. The molecule has 0 aliphatic carbocycles. The maximum absolute atomic E-state index is 12.9. The van der Waals surface area contributed by atoms with Crippen LogP contribution in [0.25, 0.3) is 10.9 Å². The molecule has 1 amide bonds. The molecule has 0 bridgehead atoms. The highest BCUT2D eigenvalue weighted by Gasteiger charge is 2.26. The minimum absolute atomic E-state index is 0.236. The van der Waals surface area contributed by atoms with Crippen molar-refractivity contribution in [1.29, 1.82) is 0 Å². The Hall–Kier alpha value is -2.48. The number of fused-ring (bicyclic) bond motifs is 1. The van der Waals surface area contributed by atoms with Crippen LogP contribution in [0, 0.1) is 0 Å². The van der Waals surface area contributed by atoms with Gasteiger partial charge in [0.05, 0.1) is 29.3 Å². The number of hydrogen-bond acceptors (Lipinski definition) is 6. The summed E-state index contributed by atoms with van der Waals surface area (Å²) >= 11 is 1.61. The number of pyridine rings is 2. The molecule has 0 saturated carbocycles. The summed E-state index contributed by atoms with van der Waals surface area (Å²) in [6.07, 6.45) is 4.34. The zero-order valence-electron chi connectivity index (χ0n) is 16.2. The highest BCUT2D eigenvalue weighted by atomic mass is 32.2. The normalized spacial score (nSPS) is 19.2. The SMILES string of the molecule is CSc1ncccc1Cc1cc(C(=O)N[C@H]2CCOC[C@@H]2O)nc2ccccc12. The topological polar surface area (TPSA) is 84.3 Å². The lowest BCUT2D eigenvalue weighted by Crippen LogP contribution is -2.48. The molecular formula is C22H23N3O3S. The minimum atomic E-state index is -0.702. The smallest absolute Gasteiger partial charge is 0.270 e. The fraction of sp³-hybridized carbons (Fsp3) is 0.318. The van der Waals surface area contributed by atoms with E-state index in [9.17, 15) is 9.90 Å². The molecule has 0 unspecified atom stereocenters. The predicted octanol–water partition coefficient (Wildman–Crippen LogP) is 2.82. The van der Waals surface area contributed by atoms with Crippen LogP contribution in [0.5, 0.6) is 0 Å². The Morgan fingerprint density at radius 1 is 1.28 bits per heavy atom. The van der Waals surface area contributed by atoms with E-state index in [1.807, 2.05) is 42.7 Å². The molecule has 0 spiro atoms. The molecule has 1 fully saturated rings. The van der Waals surface area contributed by atoms with Gasteiger partial charge >= 0.3 is 0 Å². The van der Waals surface area contributed by atoms with Gasteiger partial charge in [-0.2, -0.15) is 0 Å². The first kappa shape index (κ1) is 19.8. The van der Waals surface area contributed by atoms with E-state index in [0.29, 0.717) is 25.1 Å². The zero-order chi connectivity index (χ0) is 20.2. The van der Waals surface area contributed by atoms with Gasteiger partial charge in [0.1, 0.15) is 5.69 Å². The van der Waals surface area contributed by atoms with Crippen LogP contribution >= 0.6 is 11.8 Å². The minimum Gasteiger partial charge on any atom is -0.389 e. The van der Waals surface area contributed by atoms with Crippen LogP contribution in [-0.4, -0.2) is 52.6 Å². The molecular weight excluding hydrogens is 386 g/mol. The molecule has 1 saturated heterocycles. The van der Waals surface area contributed by atoms with Crippen LogP contribution in [0.1, 0.15) is 28.0 Å². The number of carbonyl (C=O) groups is 1. The molecule has 150 valence electrons. The molecule has 4 rings (SSSR count). The van der Waals surface area contributed by atoms with Gasteiger partial charge < -0.3 is 15.2 Å². The lowest BCUT2D eigenvalue weighted by atomic mass is 10.0. The fourth-order valence-electron chi connectivity index (χ4n) is 3.59. The van der Waals surface area contributed by atoms with Gasteiger partial charge in [-0.15, -0.1) is 11.8 Å². The molecule has 3 heterocycles. The average molecular weight is 410 g/mol. The third-order valence-corrected chi connectivity index (χ3v) is 5.86. The van der Waals surface area contributed by atoms with E-state index in [-0.39, 0.29) is 18.6 Å². The van der Waals surface area contributed by atoms with E-state index in [0.717, 1.165) is 27.1 Å². The Labute approximate surface area is 173 Å². The van der Waals surface area contributed by atoms with Crippen molar-refractivity contribution in [2.24, 2.45) is 0 Å². The van der Waals surface area contributed by atoms with E-state index < -0.39 is 6.10 Å². The highest BCUT2D eigenvalue weighted by molar-refractivity contribution is 7.98. The van der Waals surface area contributed by atoms with E-state index in [1.165, 1.54) is 0 Å². The van der Waals surface area contributed by atoms with Gasteiger partial charge in [0, 0.05) is 24.6 Å². The Morgan fingerprint density at radius 2 is 2.14 bits per heavy atom. The molecule has 1 aliphatic heterocycles. The number of para-hydroxylation sites is 1. The first-order valence-electron chi connectivity index (χ1n) is 9.59. The van der Waals surface area contributed by atoms with Gasteiger partial charge in [0.15, 0.2) is 0 Å². The number of aliphatic hydroxyl groups excluding tert-OH is 1. The van der Waals surface area contributed by atoms with Crippen molar-refractivity contribution in [2.75, 3.05) is 19.5 Å². The summed E-state index contributed by atoms with van der Waals surface area (Å²) in [5.41, 5.74) is 3.27. The zero-order valence-corrected chi connectivity index (χ0v) is 17.0. The lowest BCUT2D eigenvalue weighted by molar-refractivity contribution is -0.0261. The van der Waals surface area contributed by atoms with Crippen molar-refractivity contribution in [2.45, 2.75) is 30.0 Å². The Morgan fingerprint density at radius 3 is 2.97 bits per heavy atom. The van der Waals surface area contributed by atoms with Crippen molar-refractivity contribution in [3.05, 3.63) is 65.5 Å². The summed E-state index contributed by atoms with van der Waals surface area (Å²) < 4.78 is 5.24. The molecule has 3 aromatic rings. The molecule has 2 atom stereocenters. The van der Waals surface area contributed by atoms with Crippen molar-refractivity contribution in [3.63, 3.8) is 0 Å². The molecule has 1 aliphatic rings. The van der Waals surface area contributed by atoms with Crippen molar-refractivity contribution in [1.82, 2.24) is 15.3 Å². The third kappa shape index (κ3) is 4.42. The summed E-state index contributed by atoms with van der Waals surface area (Å²) in [7, 11) is 0. The summed E-state index contributed by atoms with van der Waals surface area (Å²) in [4.78, 5) is 21.9. The van der Waals surface area contributed by atoms with E-state index >= 15 is 0 Å². The number of aliphatic hydroxyl groups is 1. The molecule has 1 aromatic carbocycles. The van der Waals surface area contributed by atoms with Crippen LogP contribution in [0.3, 0.4) is 0 Å². The molecule has 2 N–H and O–H groups in total. The van der Waals surface area contributed by atoms with Crippen LogP contribution in [0.4, 0.5) is 0 Å². The van der Waals surface area contributed by atoms with Crippen molar-refractivity contribution in [3.8, 4) is 0 Å². The summed E-state index contributed by atoms with van der Waals surface area (Å²) in [6.45, 7) is 0.761. The molecule has 7 heteroatoms. The van der Waals surface area contributed by atoms with Crippen LogP contribution < -0.4 is 5.32 Å². The van der Waals surface area contributed by atoms with E-state index in [2.05, 4.69) is 21.4 Å².